The molecule has 1 unspecified atom stereocenters. The van der Waals surface area contributed by atoms with Gasteiger partial charge in [0.1, 0.15) is 6.04 Å². The number of aliphatic hydroxyl groups is 1. The van der Waals surface area contributed by atoms with Crippen molar-refractivity contribution in [1.82, 2.24) is 5.32 Å². The Labute approximate surface area is 103 Å². The van der Waals surface area contributed by atoms with Crippen LogP contribution in [0.1, 0.15) is 5.56 Å². The molecule has 1 aromatic rings. The monoisotopic (exact) mass is 257 g/mol. The third-order valence-electron chi connectivity index (χ3n) is 2.09. The number of amides is 1. The fraction of sp³-hybridized carbons (Fsp3) is 0.273. The smallest absolute Gasteiger partial charge is 0.328 e. The minimum atomic E-state index is -1.27. The fourth-order valence-electron chi connectivity index (χ4n) is 1.22. The van der Waals surface area contributed by atoms with Gasteiger partial charge in [-0.05, 0) is 17.7 Å². The van der Waals surface area contributed by atoms with Gasteiger partial charge in [0, 0.05) is 5.02 Å². The van der Waals surface area contributed by atoms with Crippen LogP contribution in [0.3, 0.4) is 0 Å². The van der Waals surface area contributed by atoms with Crippen LogP contribution in [0.5, 0.6) is 0 Å². The molecular weight excluding hydrogens is 246 g/mol. The number of carbonyl (C=O) groups is 2. The summed E-state index contributed by atoms with van der Waals surface area (Å²) in [6.45, 7) is -0.637. The standard InChI is InChI=1S/C11H12ClNO4/c12-8-3-1-7(2-4-8)5-10(15)13-9(6-14)11(16)17/h1-4,9,14H,5-6H2,(H,13,15)(H,16,17). The molecule has 1 atom stereocenters. The van der Waals surface area contributed by atoms with Gasteiger partial charge in [-0.1, -0.05) is 23.7 Å². The average molecular weight is 258 g/mol. The Morgan fingerprint density at radius 1 is 1.29 bits per heavy atom. The van der Waals surface area contributed by atoms with Gasteiger partial charge in [0.25, 0.3) is 0 Å². The summed E-state index contributed by atoms with van der Waals surface area (Å²) in [6, 6.07) is 5.37. The number of aliphatic carboxylic acids is 1. The Balaban J connectivity index is 2.54. The van der Waals surface area contributed by atoms with Gasteiger partial charge < -0.3 is 15.5 Å². The number of aliphatic hydroxyl groups excluding tert-OH is 1. The predicted octanol–water partition coefficient (Wildman–Crippen LogP) is 0.444. The molecule has 3 N–H and O–H groups in total. The largest absolute Gasteiger partial charge is 0.480 e. The third kappa shape index (κ3) is 4.42. The lowest BCUT2D eigenvalue weighted by Crippen LogP contribution is -2.43. The van der Waals surface area contributed by atoms with Crippen LogP contribution < -0.4 is 5.32 Å². The minimum Gasteiger partial charge on any atom is -0.480 e. The van der Waals surface area contributed by atoms with Crippen molar-refractivity contribution < 1.29 is 19.8 Å². The summed E-state index contributed by atoms with van der Waals surface area (Å²) >= 11 is 5.69. The van der Waals surface area contributed by atoms with E-state index in [0.717, 1.165) is 0 Å². The van der Waals surface area contributed by atoms with Crippen molar-refractivity contribution in [2.24, 2.45) is 0 Å². The summed E-state index contributed by atoms with van der Waals surface area (Å²) in [7, 11) is 0. The zero-order chi connectivity index (χ0) is 12.8. The number of carboxylic acids is 1. The molecule has 0 aliphatic carbocycles. The molecular formula is C11H12ClNO4. The molecule has 92 valence electrons. The van der Waals surface area contributed by atoms with Crippen LogP contribution in [0.15, 0.2) is 24.3 Å². The summed E-state index contributed by atoms with van der Waals surface area (Å²) in [5, 5.41) is 20.1. The molecule has 0 radical (unpaired) electrons. The van der Waals surface area contributed by atoms with Crippen LogP contribution in [0, 0.1) is 0 Å². The fourth-order valence-corrected chi connectivity index (χ4v) is 1.34. The molecule has 0 aliphatic rings. The van der Waals surface area contributed by atoms with Crippen molar-refractivity contribution in [2.75, 3.05) is 6.61 Å². The second-order valence-electron chi connectivity index (χ2n) is 3.44. The predicted molar refractivity (Wildman–Crippen MR) is 61.8 cm³/mol. The molecule has 1 aromatic carbocycles. The van der Waals surface area contributed by atoms with Crippen molar-refractivity contribution in [1.29, 1.82) is 0 Å². The number of halogens is 1. The Morgan fingerprint density at radius 2 is 1.88 bits per heavy atom. The number of carboxylic acid groups (broad SMARTS) is 1. The lowest BCUT2D eigenvalue weighted by Gasteiger charge is -2.11. The summed E-state index contributed by atoms with van der Waals surface area (Å²) in [4.78, 5) is 22.0. The van der Waals surface area contributed by atoms with E-state index >= 15 is 0 Å². The number of benzene rings is 1. The maximum atomic E-state index is 11.5. The molecule has 0 aliphatic heterocycles. The maximum absolute atomic E-state index is 11.5. The average Bonchev–Trinajstić information content (AvgIpc) is 2.28. The molecule has 6 heteroatoms. The van der Waals surface area contributed by atoms with Crippen LogP contribution in [-0.4, -0.2) is 34.7 Å². The zero-order valence-electron chi connectivity index (χ0n) is 8.89. The van der Waals surface area contributed by atoms with Crippen molar-refractivity contribution in [3.05, 3.63) is 34.9 Å². The second-order valence-corrected chi connectivity index (χ2v) is 3.88. The summed E-state index contributed by atoms with van der Waals surface area (Å²) in [5.41, 5.74) is 0.717. The molecule has 1 amide bonds. The first kappa shape index (κ1) is 13.5. The molecule has 5 nitrogen and oxygen atoms in total. The Morgan fingerprint density at radius 3 is 2.35 bits per heavy atom. The molecule has 1 rings (SSSR count). The summed E-state index contributed by atoms with van der Waals surface area (Å²) < 4.78 is 0. The number of hydrogen-bond acceptors (Lipinski definition) is 3. The molecule has 0 aromatic heterocycles. The van der Waals surface area contributed by atoms with E-state index in [1.165, 1.54) is 0 Å². The van der Waals surface area contributed by atoms with Crippen LogP contribution in [-0.2, 0) is 16.0 Å². The summed E-state index contributed by atoms with van der Waals surface area (Å²) in [5.74, 6) is -1.73. The van der Waals surface area contributed by atoms with E-state index in [9.17, 15) is 9.59 Å². The van der Waals surface area contributed by atoms with Crippen molar-refractivity contribution in [3.63, 3.8) is 0 Å². The molecule has 0 saturated heterocycles. The molecule has 0 fully saturated rings. The van der Waals surface area contributed by atoms with Crippen molar-refractivity contribution >= 4 is 23.5 Å². The SMILES string of the molecule is O=C(Cc1ccc(Cl)cc1)NC(CO)C(=O)O. The number of rotatable bonds is 5. The topological polar surface area (TPSA) is 86.6 Å². The van der Waals surface area contributed by atoms with E-state index in [2.05, 4.69) is 5.32 Å². The minimum absolute atomic E-state index is 0.0426. The van der Waals surface area contributed by atoms with Gasteiger partial charge in [0.15, 0.2) is 0 Å². The molecule has 0 spiro atoms. The normalized spacial score (nSPS) is 11.9. The van der Waals surface area contributed by atoms with Crippen LogP contribution in [0.4, 0.5) is 0 Å². The van der Waals surface area contributed by atoms with Crippen molar-refractivity contribution in [3.8, 4) is 0 Å². The molecule has 0 bridgehead atoms. The number of hydrogen-bond donors (Lipinski definition) is 3. The molecule has 17 heavy (non-hydrogen) atoms. The molecule has 0 saturated carbocycles. The van der Waals surface area contributed by atoms with E-state index in [1.807, 2.05) is 0 Å². The first-order chi connectivity index (χ1) is 8.02. The molecule has 0 heterocycles. The van der Waals surface area contributed by atoms with Gasteiger partial charge in [-0.3, -0.25) is 4.79 Å². The number of carbonyl (C=O) groups excluding carboxylic acids is 1. The van der Waals surface area contributed by atoms with Gasteiger partial charge in [-0.25, -0.2) is 4.79 Å². The maximum Gasteiger partial charge on any atom is 0.328 e. The Bertz CT molecular complexity index is 404. The highest BCUT2D eigenvalue weighted by atomic mass is 35.5. The summed E-state index contributed by atoms with van der Waals surface area (Å²) in [6.07, 6.45) is 0.0426. The van der Waals surface area contributed by atoms with Crippen LogP contribution >= 0.6 is 11.6 Å². The van der Waals surface area contributed by atoms with E-state index in [-0.39, 0.29) is 6.42 Å². The zero-order valence-corrected chi connectivity index (χ0v) is 9.65. The van der Waals surface area contributed by atoms with Gasteiger partial charge in [-0.15, -0.1) is 0 Å². The van der Waals surface area contributed by atoms with Gasteiger partial charge in [0.05, 0.1) is 13.0 Å². The second kappa shape index (κ2) is 6.22. The van der Waals surface area contributed by atoms with Gasteiger partial charge in [-0.2, -0.15) is 0 Å². The first-order valence-corrected chi connectivity index (χ1v) is 5.28. The third-order valence-corrected chi connectivity index (χ3v) is 2.35. The van der Waals surface area contributed by atoms with E-state index in [0.29, 0.717) is 10.6 Å². The Hall–Kier alpha value is -1.59. The highest BCUT2D eigenvalue weighted by molar-refractivity contribution is 6.30. The lowest BCUT2D eigenvalue weighted by atomic mass is 10.1. The van der Waals surface area contributed by atoms with Crippen LogP contribution in [0.2, 0.25) is 5.02 Å². The van der Waals surface area contributed by atoms with E-state index in [4.69, 9.17) is 21.8 Å². The quantitative estimate of drug-likeness (QED) is 0.715. The lowest BCUT2D eigenvalue weighted by molar-refractivity contribution is -0.142. The van der Waals surface area contributed by atoms with Gasteiger partial charge >= 0.3 is 5.97 Å². The highest BCUT2D eigenvalue weighted by Gasteiger charge is 2.18. The first-order valence-electron chi connectivity index (χ1n) is 4.90. The van der Waals surface area contributed by atoms with Crippen molar-refractivity contribution in [2.45, 2.75) is 12.5 Å². The Kier molecular flexibility index (Phi) is 4.93. The van der Waals surface area contributed by atoms with E-state index < -0.39 is 24.5 Å². The van der Waals surface area contributed by atoms with Gasteiger partial charge in [0.2, 0.25) is 5.91 Å². The highest BCUT2D eigenvalue weighted by Crippen LogP contribution is 2.09. The van der Waals surface area contributed by atoms with Crippen LogP contribution in [0.25, 0.3) is 0 Å². The number of nitrogens with one attached hydrogen (secondary N) is 1. The van der Waals surface area contributed by atoms with E-state index in [1.54, 1.807) is 24.3 Å².